The van der Waals surface area contributed by atoms with E-state index in [9.17, 15) is 0 Å². The van der Waals surface area contributed by atoms with Crippen molar-refractivity contribution >= 4 is 50.5 Å². The van der Waals surface area contributed by atoms with Crippen molar-refractivity contribution in [2.75, 3.05) is 23.0 Å². The Morgan fingerprint density at radius 2 is 1.20 bits per heavy atom. The minimum atomic E-state index is 0.192. The second kappa shape index (κ2) is 5.98. The number of hydrogen-bond donors (Lipinski definition) is 4. The molecule has 0 bridgehead atoms. The van der Waals surface area contributed by atoms with E-state index in [1.807, 2.05) is 0 Å². The maximum Gasteiger partial charge on any atom is -0.00252 e. The molecule has 62 valence electrons. The first-order chi connectivity index (χ1) is 4.74. The van der Waals surface area contributed by atoms with Gasteiger partial charge in [0.1, 0.15) is 0 Å². The van der Waals surface area contributed by atoms with Gasteiger partial charge in [0.2, 0.25) is 0 Å². The van der Waals surface area contributed by atoms with E-state index in [0.29, 0.717) is 0 Å². The number of hydrogen-bond acceptors (Lipinski definition) is 4. The van der Waals surface area contributed by atoms with Crippen LogP contribution >= 0.6 is 50.5 Å². The highest BCUT2D eigenvalue weighted by atomic mass is 32.1. The summed E-state index contributed by atoms with van der Waals surface area (Å²) in [5, 5.41) is 0. The monoisotopic (exact) mass is 214 g/mol. The van der Waals surface area contributed by atoms with E-state index < -0.39 is 0 Å². The average molecular weight is 214 g/mol. The first-order valence-electron chi connectivity index (χ1n) is 3.18. The molecule has 0 aromatic carbocycles. The van der Waals surface area contributed by atoms with E-state index in [1.54, 1.807) is 0 Å². The topological polar surface area (TPSA) is 0 Å². The third-order valence-electron chi connectivity index (χ3n) is 1.65. The first kappa shape index (κ1) is 11.4. The Morgan fingerprint density at radius 3 is 1.30 bits per heavy atom. The van der Waals surface area contributed by atoms with Gasteiger partial charge in [-0.2, -0.15) is 50.5 Å². The van der Waals surface area contributed by atoms with Gasteiger partial charge in [0.15, 0.2) is 0 Å². The quantitative estimate of drug-likeness (QED) is 0.495. The molecule has 0 fully saturated rings. The van der Waals surface area contributed by atoms with Crippen LogP contribution in [0.15, 0.2) is 0 Å². The Labute approximate surface area is 85.2 Å². The Kier molecular flexibility index (Phi) is 6.81. The van der Waals surface area contributed by atoms with Gasteiger partial charge in [0.05, 0.1) is 0 Å². The maximum atomic E-state index is 4.26. The predicted molar refractivity (Wildman–Crippen MR) is 62.5 cm³/mol. The Morgan fingerprint density at radius 1 is 0.800 bits per heavy atom. The second-order valence-corrected chi connectivity index (χ2v) is 3.84. The number of rotatable bonds is 5. The summed E-state index contributed by atoms with van der Waals surface area (Å²) in [6.07, 6.45) is 1.05. The molecule has 0 aromatic rings. The van der Waals surface area contributed by atoms with Gasteiger partial charge in [-0.15, -0.1) is 0 Å². The maximum absolute atomic E-state index is 4.26. The van der Waals surface area contributed by atoms with Crippen LogP contribution in [0.3, 0.4) is 0 Å². The van der Waals surface area contributed by atoms with Crippen LogP contribution in [0, 0.1) is 5.41 Å². The third kappa shape index (κ3) is 3.20. The lowest BCUT2D eigenvalue weighted by atomic mass is 9.92. The van der Waals surface area contributed by atoms with Crippen LogP contribution in [0.1, 0.15) is 6.42 Å². The summed E-state index contributed by atoms with van der Waals surface area (Å²) in [5.74, 6) is 3.43. The molecule has 0 aliphatic carbocycles. The lowest BCUT2D eigenvalue weighted by Crippen LogP contribution is -2.27. The fourth-order valence-corrected chi connectivity index (χ4v) is 2.77. The largest absolute Gasteiger partial charge is 0.179 e. The fraction of sp³-hybridized carbons (Fsp3) is 1.00. The molecule has 0 nitrogen and oxygen atoms in total. The molecule has 0 radical (unpaired) electrons. The van der Waals surface area contributed by atoms with Gasteiger partial charge >= 0.3 is 0 Å². The molecule has 0 N–H and O–H groups in total. The molecule has 0 saturated heterocycles. The van der Waals surface area contributed by atoms with Crippen LogP contribution in [-0.4, -0.2) is 23.0 Å². The van der Waals surface area contributed by atoms with Crippen molar-refractivity contribution in [2.24, 2.45) is 5.41 Å². The molecule has 0 aromatic heterocycles. The fourth-order valence-electron chi connectivity index (χ4n) is 0.624. The number of thiol groups is 4. The van der Waals surface area contributed by atoms with E-state index >= 15 is 0 Å². The molecule has 0 rings (SSSR count). The summed E-state index contributed by atoms with van der Waals surface area (Å²) in [6.45, 7) is 0. The summed E-state index contributed by atoms with van der Waals surface area (Å²) in [6, 6.07) is 0. The normalized spacial score (nSPS) is 12.0. The molecule has 0 atom stereocenters. The van der Waals surface area contributed by atoms with Crippen LogP contribution < -0.4 is 0 Å². The Hall–Kier alpha value is 1.40. The zero-order chi connectivity index (χ0) is 8.04. The van der Waals surface area contributed by atoms with E-state index in [-0.39, 0.29) is 5.41 Å². The van der Waals surface area contributed by atoms with Crippen molar-refractivity contribution in [3.05, 3.63) is 0 Å². The molecule has 0 spiro atoms. The van der Waals surface area contributed by atoms with Gasteiger partial charge in [0.25, 0.3) is 0 Å². The highest BCUT2D eigenvalue weighted by Gasteiger charge is 2.23. The zero-order valence-corrected chi connectivity index (χ0v) is 9.40. The summed E-state index contributed by atoms with van der Waals surface area (Å²) >= 11 is 17.0. The van der Waals surface area contributed by atoms with Crippen LogP contribution in [0.25, 0.3) is 0 Å². The highest BCUT2D eigenvalue weighted by molar-refractivity contribution is 7.82. The third-order valence-corrected chi connectivity index (χ3v) is 3.88. The molecule has 0 unspecified atom stereocenters. The van der Waals surface area contributed by atoms with Gasteiger partial charge in [-0.3, -0.25) is 0 Å². The van der Waals surface area contributed by atoms with Gasteiger partial charge in [-0.1, -0.05) is 0 Å². The van der Waals surface area contributed by atoms with E-state index in [2.05, 4.69) is 50.5 Å². The van der Waals surface area contributed by atoms with Crippen LogP contribution in [0.4, 0.5) is 0 Å². The Balaban J connectivity index is 3.87. The summed E-state index contributed by atoms with van der Waals surface area (Å²) in [7, 11) is 0. The van der Waals surface area contributed by atoms with Crippen molar-refractivity contribution in [1.29, 1.82) is 0 Å². The van der Waals surface area contributed by atoms with Crippen molar-refractivity contribution < 1.29 is 0 Å². The molecular formula is C6H14S4. The SMILES string of the molecule is SCCC(CS)(CS)CS. The van der Waals surface area contributed by atoms with Crippen LogP contribution in [-0.2, 0) is 0 Å². The molecule has 0 aliphatic rings. The summed E-state index contributed by atoms with van der Waals surface area (Å²) < 4.78 is 0. The lowest BCUT2D eigenvalue weighted by Gasteiger charge is -2.27. The van der Waals surface area contributed by atoms with Crippen molar-refractivity contribution in [3.8, 4) is 0 Å². The lowest BCUT2D eigenvalue weighted by molar-refractivity contribution is 0.436. The molecule has 0 aliphatic heterocycles. The summed E-state index contributed by atoms with van der Waals surface area (Å²) in [4.78, 5) is 0. The second-order valence-electron chi connectivity index (χ2n) is 2.45. The molecular weight excluding hydrogens is 200 g/mol. The standard InChI is InChI=1S/C6H14S4/c7-2-1-6(3-8,4-9)5-10/h7-10H,1-5H2. The molecule has 4 heteroatoms. The van der Waals surface area contributed by atoms with Gasteiger partial charge < -0.3 is 0 Å². The summed E-state index contributed by atoms with van der Waals surface area (Å²) in [5.41, 5.74) is 0.192. The van der Waals surface area contributed by atoms with E-state index in [1.165, 1.54) is 0 Å². The van der Waals surface area contributed by atoms with E-state index in [0.717, 1.165) is 29.4 Å². The minimum absolute atomic E-state index is 0.192. The van der Waals surface area contributed by atoms with Crippen molar-refractivity contribution in [3.63, 3.8) is 0 Å². The predicted octanol–water partition coefficient (Wildman–Crippen LogP) is 2.08. The molecule has 0 amide bonds. The molecule has 0 heterocycles. The van der Waals surface area contributed by atoms with Crippen molar-refractivity contribution in [2.45, 2.75) is 6.42 Å². The van der Waals surface area contributed by atoms with Crippen molar-refractivity contribution in [1.82, 2.24) is 0 Å². The highest BCUT2D eigenvalue weighted by Crippen LogP contribution is 2.27. The molecule has 0 saturated carbocycles. The molecule has 10 heavy (non-hydrogen) atoms. The minimum Gasteiger partial charge on any atom is -0.179 e. The smallest absolute Gasteiger partial charge is 0.00252 e. The van der Waals surface area contributed by atoms with Gasteiger partial charge in [0, 0.05) is 0 Å². The first-order valence-corrected chi connectivity index (χ1v) is 5.71. The Bertz CT molecular complexity index is 71.6. The average Bonchev–Trinajstić information content (AvgIpc) is 2.01. The van der Waals surface area contributed by atoms with Gasteiger partial charge in [-0.25, -0.2) is 0 Å². The van der Waals surface area contributed by atoms with Crippen LogP contribution in [0.5, 0.6) is 0 Å². The zero-order valence-electron chi connectivity index (χ0n) is 5.82. The van der Waals surface area contributed by atoms with Crippen LogP contribution in [0.2, 0.25) is 0 Å². The van der Waals surface area contributed by atoms with Gasteiger partial charge in [-0.05, 0) is 34.8 Å². The van der Waals surface area contributed by atoms with E-state index in [4.69, 9.17) is 0 Å².